The molecular weight excluding hydrogens is 402 g/mol. The zero-order chi connectivity index (χ0) is 21.7. The number of nitrogens with one attached hydrogen (secondary N) is 1. The van der Waals surface area contributed by atoms with Crippen molar-refractivity contribution in [1.29, 1.82) is 0 Å². The Labute approximate surface area is 176 Å². The zero-order valence-corrected chi connectivity index (χ0v) is 18.0. The van der Waals surface area contributed by atoms with Gasteiger partial charge in [0.1, 0.15) is 5.75 Å². The van der Waals surface area contributed by atoms with E-state index in [-0.39, 0.29) is 11.3 Å². The maximum absolute atomic E-state index is 12.9. The molecule has 0 aliphatic carbocycles. The summed E-state index contributed by atoms with van der Waals surface area (Å²) in [5.74, 6) is -0.438. The maximum atomic E-state index is 12.9. The summed E-state index contributed by atoms with van der Waals surface area (Å²) in [6.45, 7) is 3.64. The first-order chi connectivity index (χ1) is 14.3. The predicted octanol–water partition coefficient (Wildman–Crippen LogP) is 4.73. The molecule has 0 radical (unpaired) electrons. The van der Waals surface area contributed by atoms with Gasteiger partial charge in [-0.1, -0.05) is 25.5 Å². The highest BCUT2D eigenvalue weighted by atomic mass is 32.2. The van der Waals surface area contributed by atoms with Crippen LogP contribution in [0.4, 0.5) is 0 Å². The van der Waals surface area contributed by atoms with Crippen LogP contribution < -0.4 is 4.74 Å². The lowest BCUT2D eigenvalue weighted by molar-refractivity contribution is -0.136. The molecule has 7 heteroatoms. The molecule has 0 spiro atoms. The fourth-order valence-corrected chi connectivity index (χ4v) is 4.49. The first-order valence-electron chi connectivity index (χ1n) is 10.1. The van der Waals surface area contributed by atoms with Gasteiger partial charge in [-0.25, -0.2) is 8.42 Å². The second-order valence-electron chi connectivity index (χ2n) is 7.39. The number of sulfone groups is 1. The number of fused-ring (bicyclic) bond motifs is 1. The number of aryl methyl sites for hydroxylation is 2. The Kier molecular flexibility index (Phi) is 6.82. The summed E-state index contributed by atoms with van der Waals surface area (Å²) < 4.78 is 31.6. The monoisotopic (exact) mass is 429 g/mol. The van der Waals surface area contributed by atoms with Gasteiger partial charge in [0.2, 0.25) is 15.3 Å². The summed E-state index contributed by atoms with van der Waals surface area (Å²) >= 11 is 0. The van der Waals surface area contributed by atoms with E-state index in [9.17, 15) is 13.2 Å². The Morgan fingerprint density at radius 2 is 1.87 bits per heavy atom. The second kappa shape index (κ2) is 9.34. The molecule has 0 saturated heterocycles. The second-order valence-corrected chi connectivity index (χ2v) is 9.62. The number of aliphatic carboxylic acids is 1. The van der Waals surface area contributed by atoms with E-state index in [1.807, 2.05) is 12.1 Å². The van der Waals surface area contributed by atoms with E-state index < -0.39 is 21.2 Å². The van der Waals surface area contributed by atoms with Crippen molar-refractivity contribution in [2.75, 3.05) is 0 Å². The number of H-pyrrole nitrogens is 1. The minimum atomic E-state index is -3.65. The third kappa shape index (κ3) is 5.02. The number of carboxylic acid groups (broad SMARTS) is 1. The van der Waals surface area contributed by atoms with E-state index in [1.165, 1.54) is 6.92 Å². The van der Waals surface area contributed by atoms with Crippen LogP contribution in [-0.2, 0) is 27.5 Å². The average Bonchev–Trinajstić information content (AvgIpc) is 3.13. The SMILES string of the molecule is CCCCc1ccc(S(=O)(=O)C(C)Oc2ccc3[nH]cc(CCC(=O)O)c3c2)cc1. The molecule has 30 heavy (non-hydrogen) atoms. The number of aromatic amines is 1. The normalized spacial score (nSPS) is 12.7. The van der Waals surface area contributed by atoms with Gasteiger partial charge in [0.25, 0.3) is 0 Å². The summed E-state index contributed by atoms with van der Waals surface area (Å²) in [4.78, 5) is 14.2. The molecule has 1 aromatic heterocycles. The molecule has 0 saturated carbocycles. The van der Waals surface area contributed by atoms with Crippen LogP contribution in [0.25, 0.3) is 10.9 Å². The van der Waals surface area contributed by atoms with Crippen molar-refractivity contribution in [1.82, 2.24) is 4.98 Å². The number of unbranched alkanes of at least 4 members (excludes halogenated alkanes) is 1. The molecule has 1 atom stereocenters. The summed E-state index contributed by atoms with van der Waals surface area (Å²) in [6, 6.07) is 12.3. The third-order valence-electron chi connectivity index (χ3n) is 5.16. The van der Waals surface area contributed by atoms with Crippen molar-refractivity contribution in [2.45, 2.75) is 56.3 Å². The first-order valence-corrected chi connectivity index (χ1v) is 11.7. The molecule has 6 nitrogen and oxygen atoms in total. The van der Waals surface area contributed by atoms with Crippen molar-refractivity contribution in [3.63, 3.8) is 0 Å². The molecule has 0 aliphatic rings. The van der Waals surface area contributed by atoms with Crippen molar-refractivity contribution in [2.24, 2.45) is 0 Å². The van der Waals surface area contributed by atoms with Crippen molar-refractivity contribution in [3.05, 3.63) is 59.8 Å². The Morgan fingerprint density at radius 3 is 2.53 bits per heavy atom. The third-order valence-corrected chi connectivity index (χ3v) is 7.06. The number of aromatic nitrogens is 1. The van der Waals surface area contributed by atoms with Crippen molar-refractivity contribution >= 4 is 26.7 Å². The molecule has 1 heterocycles. The van der Waals surface area contributed by atoms with Crippen LogP contribution in [0, 0.1) is 0 Å². The maximum Gasteiger partial charge on any atom is 0.303 e. The fourth-order valence-electron chi connectivity index (χ4n) is 3.35. The topological polar surface area (TPSA) is 96.5 Å². The highest BCUT2D eigenvalue weighted by Gasteiger charge is 2.25. The van der Waals surface area contributed by atoms with Gasteiger partial charge in [0.05, 0.1) is 4.90 Å². The molecule has 2 N–H and O–H groups in total. The Balaban J connectivity index is 1.76. The fraction of sp³-hybridized carbons (Fsp3) is 0.348. The summed E-state index contributed by atoms with van der Waals surface area (Å²) in [5, 5.41) is 9.75. The van der Waals surface area contributed by atoms with Crippen molar-refractivity contribution in [3.8, 4) is 5.75 Å². The number of benzene rings is 2. The van der Waals surface area contributed by atoms with E-state index in [0.29, 0.717) is 12.2 Å². The van der Waals surface area contributed by atoms with Crippen LogP contribution in [0.3, 0.4) is 0 Å². The van der Waals surface area contributed by atoms with E-state index >= 15 is 0 Å². The van der Waals surface area contributed by atoms with Crippen molar-refractivity contribution < 1.29 is 23.1 Å². The lowest BCUT2D eigenvalue weighted by Gasteiger charge is -2.16. The highest BCUT2D eigenvalue weighted by Crippen LogP contribution is 2.27. The van der Waals surface area contributed by atoms with Gasteiger partial charge in [0, 0.05) is 23.5 Å². The summed E-state index contributed by atoms with van der Waals surface area (Å²) in [6.07, 6.45) is 5.28. The Bertz CT molecular complexity index is 1120. The molecule has 0 bridgehead atoms. The van der Waals surface area contributed by atoms with E-state index in [0.717, 1.165) is 41.3 Å². The molecule has 1 unspecified atom stereocenters. The molecule has 0 fully saturated rings. The van der Waals surface area contributed by atoms with Crippen LogP contribution in [0.5, 0.6) is 5.75 Å². The van der Waals surface area contributed by atoms with Gasteiger partial charge in [0.15, 0.2) is 0 Å². The largest absolute Gasteiger partial charge is 0.481 e. The molecule has 3 rings (SSSR count). The van der Waals surface area contributed by atoms with Gasteiger partial charge in [-0.15, -0.1) is 0 Å². The van der Waals surface area contributed by atoms with Gasteiger partial charge < -0.3 is 14.8 Å². The number of rotatable bonds is 10. The number of carboxylic acids is 1. The van der Waals surface area contributed by atoms with E-state index in [4.69, 9.17) is 9.84 Å². The molecule has 160 valence electrons. The summed E-state index contributed by atoms with van der Waals surface area (Å²) in [7, 11) is -3.65. The predicted molar refractivity (Wildman–Crippen MR) is 117 cm³/mol. The minimum Gasteiger partial charge on any atom is -0.481 e. The van der Waals surface area contributed by atoms with E-state index in [2.05, 4.69) is 11.9 Å². The van der Waals surface area contributed by atoms with Gasteiger partial charge >= 0.3 is 5.97 Å². The lowest BCUT2D eigenvalue weighted by Crippen LogP contribution is -2.24. The van der Waals surface area contributed by atoms with Crippen LogP contribution >= 0.6 is 0 Å². The standard InChI is InChI=1S/C23H27NO5S/c1-3-4-5-17-6-10-20(11-7-17)30(27,28)16(2)29-19-9-12-22-21(14-19)18(15-24-22)8-13-23(25)26/h6-7,9-12,14-16,24H,3-5,8,13H2,1-2H3,(H,25,26). The molecule has 2 aromatic carbocycles. The lowest BCUT2D eigenvalue weighted by atomic mass is 10.1. The summed E-state index contributed by atoms with van der Waals surface area (Å²) in [5.41, 5.74) is 1.77. The number of ether oxygens (including phenoxy) is 1. The first kappa shape index (κ1) is 21.9. The average molecular weight is 430 g/mol. The Morgan fingerprint density at radius 1 is 1.13 bits per heavy atom. The molecule has 0 aliphatic heterocycles. The van der Waals surface area contributed by atoms with Crippen LogP contribution in [0.15, 0.2) is 53.6 Å². The van der Waals surface area contributed by atoms with E-state index in [1.54, 1.807) is 36.5 Å². The Hall–Kier alpha value is -2.80. The number of hydrogen-bond donors (Lipinski definition) is 2. The minimum absolute atomic E-state index is 0.0249. The van der Waals surface area contributed by atoms with Gasteiger partial charge in [-0.2, -0.15) is 0 Å². The number of hydrogen-bond acceptors (Lipinski definition) is 4. The molecular formula is C23H27NO5S. The van der Waals surface area contributed by atoms with Crippen LogP contribution in [0.1, 0.15) is 44.2 Å². The smallest absolute Gasteiger partial charge is 0.303 e. The van der Waals surface area contributed by atoms with Gasteiger partial charge in [-0.05, 0) is 67.6 Å². The quantitative estimate of drug-likeness (QED) is 0.486. The molecule has 0 amide bonds. The number of carbonyl (C=O) groups is 1. The molecule has 3 aromatic rings. The zero-order valence-electron chi connectivity index (χ0n) is 17.2. The highest BCUT2D eigenvalue weighted by molar-refractivity contribution is 7.91. The van der Waals surface area contributed by atoms with Crippen LogP contribution in [-0.4, -0.2) is 29.9 Å². The van der Waals surface area contributed by atoms with Crippen LogP contribution in [0.2, 0.25) is 0 Å². The van der Waals surface area contributed by atoms with Gasteiger partial charge in [-0.3, -0.25) is 4.79 Å².